The molecule has 1 aromatic carbocycles. The van der Waals surface area contributed by atoms with Gasteiger partial charge in [-0.05, 0) is 13.0 Å². The Morgan fingerprint density at radius 3 is 3.04 bits per heavy atom. The van der Waals surface area contributed by atoms with Crippen molar-refractivity contribution in [3.63, 3.8) is 0 Å². The number of nitrogens with zero attached hydrogens (tertiary/aromatic N) is 4. The number of carbonyl (C=O) groups excluding carboxylic acids is 1. The lowest BCUT2D eigenvalue weighted by Crippen LogP contribution is -2.25. The molecule has 7 heteroatoms. The second kappa shape index (κ2) is 5.93. The molecule has 0 aliphatic rings. The van der Waals surface area contributed by atoms with E-state index in [0.29, 0.717) is 17.8 Å². The highest BCUT2D eigenvalue weighted by atomic mass is 16.2. The van der Waals surface area contributed by atoms with Crippen molar-refractivity contribution in [2.45, 2.75) is 20.4 Å². The zero-order chi connectivity index (χ0) is 16.4. The summed E-state index contributed by atoms with van der Waals surface area (Å²) < 4.78 is 1.81. The number of aryl methyl sites for hydroxylation is 1. The van der Waals surface area contributed by atoms with E-state index in [0.717, 1.165) is 10.9 Å². The predicted molar refractivity (Wildman–Crippen MR) is 85.6 cm³/mol. The van der Waals surface area contributed by atoms with E-state index in [-0.39, 0.29) is 17.6 Å². The summed E-state index contributed by atoms with van der Waals surface area (Å²) in [7, 11) is 0. The molecular weight excluding hydrogens is 292 g/mol. The van der Waals surface area contributed by atoms with Crippen LogP contribution in [0, 0.1) is 24.2 Å². The summed E-state index contributed by atoms with van der Waals surface area (Å²) in [6, 6.07) is 9.88. The third-order valence-electron chi connectivity index (χ3n) is 3.75. The standard InChI is InChI=1S/C16H16N6O/c1-10(9-22-14-6-4-3-5-12(14)8-18-22)16(23)19-15-13(7-17)11(2)20-21-15/h3-6,8,10H,9H2,1-2H3,(H2,19,20,21,23). The Morgan fingerprint density at radius 2 is 2.26 bits per heavy atom. The number of para-hydroxylation sites is 1. The minimum atomic E-state index is -0.318. The molecule has 2 heterocycles. The highest BCUT2D eigenvalue weighted by Crippen LogP contribution is 2.17. The molecule has 1 unspecified atom stereocenters. The van der Waals surface area contributed by atoms with Crippen molar-refractivity contribution in [2.75, 3.05) is 5.32 Å². The minimum absolute atomic E-state index is 0.201. The van der Waals surface area contributed by atoms with Crippen LogP contribution in [-0.4, -0.2) is 25.9 Å². The first-order valence-corrected chi connectivity index (χ1v) is 7.26. The van der Waals surface area contributed by atoms with E-state index >= 15 is 0 Å². The molecule has 2 aromatic heterocycles. The number of aromatic nitrogens is 4. The van der Waals surface area contributed by atoms with Crippen molar-refractivity contribution in [1.82, 2.24) is 20.0 Å². The lowest BCUT2D eigenvalue weighted by molar-refractivity contribution is -0.119. The van der Waals surface area contributed by atoms with Crippen LogP contribution >= 0.6 is 0 Å². The Labute approximate surface area is 132 Å². The second-order valence-corrected chi connectivity index (χ2v) is 5.46. The maximum absolute atomic E-state index is 12.3. The molecule has 116 valence electrons. The second-order valence-electron chi connectivity index (χ2n) is 5.46. The molecule has 0 saturated carbocycles. The van der Waals surface area contributed by atoms with E-state index in [1.165, 1.54) is 0 Å². The van der Waals surface area contributed by atoms with Crippen molar-refractivity contribution in [2.24, 2.45) is 5.92 Å². The molecule has 2 N–H and O–H groups in total. The van der Waals surface area contributed by atoms with Crippen LogP contribution in [-0.2, 0) is 11.3 Å². The summed E-state index contributed by atoms with van der Waals surface area (Å²) >= 11 is 0. The number of H-pyrrole nitrogens is 1. The molecule has 1 amide bonds. The van der Waals surface area contributed by atoms with Gasteiger partial charge in [0, 0.05) is 5.39 Å². The number of nitriles is 1. The van der Waals surface area contributed by atoms with Gasteiger partial charge in [0.25, 0.3) is 0 Å². The summed E-state index contributed by atoms with van der Waals surface area (Å²) in [6.07, 6.45) is 1.78. The van der Waals surface area contributed by atoms with E-state index in [4.69, 9.17) is 5.26 Å². The molecule has 1 atom stereocenters. The summed E-state index contributed by atoms with van der Waals surface area (Å²) in [5, 5.41) is 23.8. The van der Waals surface area contributed by atoms with Crippen LogP contribution in [0.15, 0.2) is 30.5 Å². The molecule has 0 spiro atoms. The first kappa shape index (κ1) is 14.8. The van der Waals surface area contributed by atoms with E-state index in [9.17, 15) is 4.79 Å². The molecule has 0 radical (unpaired) electrons. The fraction of sp³-hybridized carbons (Fsp3) is 0.250. The van der Waals surface area contributed by atoms with Gasteiger partial charge in [0.2, 0.25) is 5.91 Å². The van der Waals surface area contributed by atoms with Crippen molar-refractivity contribution in [1.29, 1.82) is 5.26 Å². The first-order valence-electron chi connectivity index (χ1n) is 7.26. The Kier molecular flexibility index (Phi) is 3.81. The number of hydrogen-bond donors (Lipinski definition) is 2. The number of carbonyl (C=O) groups is 1. The van der Waals surface area contributed by atoms with E-state index in [1.807, 2.05) is 37.3 Å². The lowest BCUT2D eigenvalue weighted by Gasteiger charge is -2.12. The average molecular weight is 308 g/mol. The van der Waals surface area contributed by atoms with Gasteiger partial charge in [-0.2, -0.15) is 15.5 Å². The van der Waals surface area contributed by atoms with Crippen molar-refractivity contribution >= 4 is 22.6 Å². The van der Waals surface area contributed by atoms with Gasteiger partial charge in [-0.3, -0.25) is 14.6 Å². The van der Waals surface area contributed by atoms with Gasteiger partial charge in [-0.15, -0.1) is 0 Å². The number of rotatable bonds is 4. The molecule has 23 heavy (non-hydrogen) atoms. The van der Waals surface area contributed by atoms with Crippen LogP contribution in [0.5, 0.6) is 0 Å². The van der Waals surface area contributed by atoms with Gasteiger partial charge in [0.1, 0.15) is 11.6 Å². The summed E-state index contributed by atoms with van der Waals surface area (Å²) in [6.45, 7) is 4.00. The van der Waals surface area contributed by atoms with Crippen molar-refractivity contribution in [3.8, 4) is 6.07 Å². The average Bonchev–Trinajstić information content (AvgIpc) is 3.11. The van der Waals surface area contributed by atoms with E-state index in [1.54, 1.807) is 17.8 Å². The van der Waals surface area contributed by atoms with Crippen LogP contribution in [0.3, 0.4) is 0 Å². The quantitative estimate of drug-likeness (QED) is 0.771. The van der Waals surface area contributed by atoms with Gasteiger partial charge >= 0.3 is 0 Å². The Morgan fingerprint density at radius 1 is 1.48 bits per heavy atom. The molecule has 7 nitrogen and oxygen atoms in total. The fourth-order valence-electron chi connectivity index (χ4n) is 2.41. The zero-order valence-electron chi connectivity index (χ0n) is 12.9. The third-order valence-corrected chi connectivity index (χ3v) is 3.75. The van der Waals surface area contributed by atoms with Gasteiger partial charge in [-0.25, -0.2) is 0 Å². The Bertz CT molecular complexity index is 901. The maximum atomic E-state index is 12.3. The van der Waals surface area contributed by atoms with Crippen molar-refractivity contribution in [3.05, 3.63) is 41.7 Å². The van der Waals surface area contributed by atoms with E-state index in [2.05, 4.69) is 20.6 Å². The minimum Gasteiger partial charge on any atom is -0.308 e. The molecule has 0 bridgehead atoms. The van der Waals surface area contributed by atoms with Gasteiger partial charge in [0.05, 0.1) is 29.9 Å². The highest BCUT2D eigenvalue weighted by Gasteiger charge is 2.19. The number of benzene rings is 1. The number of hydrogen-bond acceptors (Lipinski definition) is 4. The third kappa shape index (κ3) is 2.79. The predicted octanol–water partition coefficient (Wildman–Crippen LogP) is 2.21. The molecule has 3 rings (SSSR count). The van der Waals surface area contributed by atoms with Gasteiger partial charge in [0.15, 0.2) is 5.82 Å². The van der Waals surface area contributed by atoms with E-state index < -0.39 is 0 Å². The number of nitrogens with one attached hydrogen (secondary N) is 2. The lowest BCUT2D eigenvalue weighted by atomic mass is 10.1. The van der Waals surface area contributed by atoms with Crippen LogP contribution in [0.1, 0.15) is 18.2 Å². The first-order chi connectivity index (χ1) is 11.1. The Balaban J connectivity index is 1.74. The SMILES string of the molecule is Cc1[nH]nc(NC(=O)C(C)Cn2ncc3ccccc32)c1C#N. The number of amides is 1. The molecule has 0 fully saturated rings. The largest absolute Gasteiger partial charge is 0.308 e. The normalized spacial score (nSPS) is 12.0. The highest BCUT2D eigenvalue weighted by molar-refractivity contribution is 5.92. The monoisotopic (exact) mass is 308 g/mol. The van der Waals surface area contributed by atoms with Crippen LogP contribution < -0.4 is 5.32 Å². The topological polar surface area (TPSA) is 99.4 Å². The van der Waals surface area contributed by atoms with Gasteiger partial charge < -0.3 is 5.32 Å². The molecule has 0 saturated heterocycles. The molecule has 0 aliphatic heterocycles. The van der Waals surface area contributed by atoms with Crippen molar-refractivity contribution < 1.29 is 4.79 Å². The summed E-state index contributed by atoms with van der Waals surface area (Å²) in [5.74, 6) is -0.249. The van der Waals surface area contributed by atoms with Gasteiger partial charge in [-0.1, -0.05) is 25.1 Å². The zero-order valence-corrected chi connectivity index (χ0v) is 12.9. The maximum Gasteiger partial charge on any atom is 0.230 e. The van der Waals surface area contributed by atoms with Crippen LogP contribution in [0.4, 0.5) is 5.82 Å². The number of aromatic amines is 1. The Hall–Kier alpha value is -3.14. The molecule has 3 aromatic rings. The molecular formula is C16H16N6O. The van der Waals surface area contributed by atoms with Crippen LogP contribution in [0.2, 0.25) is 0 Å². The summed E-state index contributed by atoms with van der Waals surface area (Å²) in [4.78, 5) is 12.3. The smallest absolute Gasteiger partial charge is 0.230 e. The summed E-state index contributed by atoms with van der Waals surface area (Å²) in [5.41, 5.74) is 1.98. The number of anilines is 1. The number of fused-ring (bicyclic) bond motifs is 1. The fourth-order valence-corrected chi connectivity index (χ4v) is 2.41. The van der Waals surface area contributed by atoms with Crippen LogP contribution in [0.25, 0.3) is 10.9 Å². The molecule has 0 aliphatic carbocycles.